The van der Waals surface area contributed by atoms with E-state index in [9.17, 15) is 4.79 Å². The number of fused-ring (bicyclic) bond motifs is 1. The highest BCUT2D eigenvalue weighted by Crippen LogP contribution is 2.15. The zero-order valence-corrected chi connectivity index (χ0v) is 12.5. The molecule has 1 aliphatic heterocycles. The fourth-order valence-electron chi connectivity index (χ4n) is 2.91. The molecule has 114 valence electrons. The van der Waals surface area contributed by atoms with E-state index in [2.05, 4.69) is 0 Å². The third kappa shape index (κ3) is 2.89. The van der Waals surface area contributed by atoms with Crippen LogP contribution in [0.25, 0.3) is 11.0 Å². The minimum atomic E-state index is -0.103. The van der Waals surface area contributed by atoms with Gasteiger partial charge in [-0.3, -0.25) is 9.13 Å². The lowest BCUT2D eigenvalue weighted by Gasteiger charge is -2.22. The van der Waals surface area contributed by atoms with E-state index in [1.54, 1.807) is 9.13 Å². The number of rotatable bonds is 5. The second-order valence-corrected chi connectivity index (χ2v) is 5.33. The van der Waals surface area contributed by atoms with E-state index < -0.39 is 0 Å². The first-order valence-corrected chi connectivity index (χ1v) is 7.72. The molecule has 0 N–H and O–H groups in total. The van der Waals surface area contributed by atoms with Crippen LogP contribution in [0, 0.1) is 0 Å². The van der Waals surface area contributed by atoms with Gasteiger partial charge < -0.3 is 9.47 Å². The highest BCUT2D eigenvalue weighted by molar-refractivity contribution is 5.75. The maximum absolute atomic E-state index is 12.4. The number of imidazole rings is 1. The summed E-state index contributed by atoms with van der Waals surface area (Å²) in [5, 5.41) is 0. The highest BCUT2D eigenvalue weighted by Gasteiger charge is 2.15. The minimum absolute atomic E-state index is 0.0341. The molecule has 0 spiro atoms. The van der Waals surface area contributed by atoms with Gasteiger partial charge in [0.25, 0.3) is 0 Å². The number of nitrogens with zero attached hydrogens (tertiary/aromatic N) is 2. The van der Waals surface area contributed by atoms with Crippen LogP contribution in [0.4, 0.5) is 0 Å². The summed E-state index contributed by atoms with van der Waals surface area (Å²) < 4.78 is 14.9. The summed E-state index contributed by atoms with van der Waals surface area (Å²) >= 11 is 0. The Morgan fingerprint density at radius 2 is 2.00 bits per heavy atom. The Balaban J connectivity index is 1.74. The maximum atomic E-state index is 12.4. The van der Waals surface area contributed by atoms with Crippen LogP contribution < -0.4 is 5.69 Å². The lowest BCUT2D eigenvalue weighted by Crippen LogP contribution is -2.28. The SMILES string of the molecule is CCn1c(=O)n(CCO[C@H]2CCCCO2)c2ccccc21. The zero-order chi connectivity index (χ0) is 14.7. The normalized spacial score (nSPS) is 19.2. The third-order valence-corrected chi connectivity index (χ3v) is 4.00. The molecule has 1 aromatic carbocycles. The lowest BCUT2D eigenvalue weighted by atomic mass is 10.2. The van der Waals surface area contributed by atoms with Crippen molar-refractivity contribution >= 4 is 11.0 Å². The van der Waals surface area contributed by atoms with Crippen LogP contribution in [-0.2, 0) is 22.6 Å². The molecule has 1 aliphatic rings. The van der Waals surface area contributed by atoms with Gasteiger partial charge in [-0.25, -0.2) is 4.79 Å². The predicted molar refractivity (Wildman–Crippen MR) is 81.4 cm³/mol. The Hall–Kier alpha value is -1.59. The fourth-order valence-corrected chi connectivity index (χ4v) is 2.91. The molecule has 5 nitrogen and oxygen atoms in total. The zero-order valence-electron chi connectivity index (χ0n) is 12.5. The Labute approximate surface area is 124 Å². The smallest absolute Gasteiger partial charge is 0.329 e. The molecule has 0 bridgehead atoms. The van der Waals surface area contributed by atoms with Crippen molar-refractivity contribution in [3.05, 3.63) is 34.7 Å². The first kappa shape index (κ1) is 14.4. The lowest BCUT2D eigenvalue weighted by molar-refractivity contribution is -0.163. The molecule has 0 saturated carbocycles. The van der Waals surface area contributed by atoms with E-state index in [0.717, 1.165) is 36.9 Å². The van der Waals surface area contributed by atoms with Crippen molar-refractivity contribution in [3.63, 3.8) is 0 Å². The highest BCUT2D eigenvalue weighted by atomic mass is 16.7. The number of hydrogen-bond donors (Lipinski definition) is 0. The first-order valence-electron chi connectivity index (χ1n) is 7.72. The minimum Gasteiger partial charge on any atom is -0.353 e. The predicted octanol–water partition coefficient (Wildman–Crippen LogP) is 2.37. The number of benzene rings is 1. The Morgan fingerprint density at radius 3 is 2.67 bits per heavy atom. The summed E-state index contributed by atoms with van der Waals surface area (Å²) in [4.78, 5) is 12.4. The van der Waals surface area contributed by atoms with Gasteiger partial charge in [0.15, 0.2) is 6.29 Å². The quantitative estimate of drug-likeness (QED) is 0.849. The molecule has 0 unspecified atom stereocenters. The Kier molecular flexibility index (Phi) is 4.41. The second-order valence-electron chi connectivity index (χ2n) is 5.33. The molecular weight excluding hydrogens is 268 g/mol. The number of ether oxygens (including phenoxy) is 2. The number of para-hydroxylation sites is 2. The molecule has 2 heterocycles. The van der Waals surface area contributed by atoms with E-state index in [4.69, 9.17) is 9.47 Å². The summed E-state index contributed by atoms with van der Waals surface area (Å²) in [6.45, 7) is 4.51. The van der Waals surface area contributed by atoms with Gasteiger partial charge in [-0.2, -0.15) is 0 Å². The molecule has 1 fully saturated rings. The molecule has 0 amide bonds. The average molecular weight is 290 g/mol. The Morgan fingerprint density at radius 1 is 1.24 bits per heavy atom. The van der Waals surface area contributed by atoms with Gasteiger partial charge >= 0.3 is 5.69 Å². The molecule has 1 saturated heterocycles. The number of hydrogen-bond acceptors (Lipinski definition) is 3. The van der Waals surface area contributed by atoms with Crippen molar-refractivity contribution in [2.75, 3.05) is 13.2 Å². The molecule has 2 aromatic rings. The van der Waals surface area contributed by atoms with Crippen molar-refractivity contribution in [3.8, 4) is 0 Å². The third-order valence-electron chi connectivity index (χ3n) is 4.00. The van der Waals surface area contributed by atoms with Crippen molar-refractivity contribution < 1.29 is 9.47 Å². The van der Waals surface area contributed by atoms with Crippen LogP contribution in [0.2, 0.25) is 0 Å². The Bertz CT molecular complexity index is 653. The van der Waals surface area contributed by atoms with Gasteiger partial charge in [0.05, 0.1) is 24.2 Å². The summed E-state index contributed by atoms with van der Waals surface area (Å²) in [6.07, 6.45) is 3.11. The van der Waals surface area contributed by atoms with Crippen molar-refractivity contribution in [1.82, 2.24) is 9.13 Å². The van der Waals surface area contributed by atoms with E-state index in [1.165, 1.54) is 0 Å². The largest absolute Gasteiger partial charge is 0.353 e. The molecule has 1 aromatic heterocycles. The van der Waals surface area contributed by atoms with Crippen molar-refractivity contribution in [2.45, 2.75) is 45.6 Å². The van der Waals surface area contributed by atoms with Gasteiger partial charge in [-0.05, 0) is 38.3 Å². The van der Waals surface area contributed by atoms with E-state index in [-0.39, 0.29) is 12.0 Å². The van der Waals surface area contributed by atoms with Gasteiger partial charge in [0.1, 0.15) is 0 Å². The van der Waals surface area contributed by atoms with Gasteiger partial charge in [0.2, 0.25) is 0 Å². The number of aromatic nitrogens is 2. The van der Waals surface area contributed by atoms with Gasteiger partial charge in [-0.15, -0.1) is 0 Å². The maximum Gasteiger partial charge on any atom is 0.329 e. The standard InChI is InChI=1S/C16H22N2O3/c1-2-17-13-7-3-4-8-14(13)18(16(17)19)10-12-21-15-9-5-6-11-20-15/h3-4,7-8,15H,2,5-6,9-12H2,1H3/t15-/m0/s1. The van der Waals surface area contributed by atoms with Crippen LogP contribution in [0.5, 0.6) is 0 Å². The van der Waals surface area contributed by atoms with Crippen molar-refractivity contribution in [1.29, 1.82) is 0 Å². The van der Waals surface area contributed by atoms with Crippen molar-refractivity contribution in [2.24, 2.45) is 0 Å². The molecule has 3 rings (SSSR count). The van der Waals surface area contributed by atoms with E-state index in [0.29, 0.717) is 19.7 Å². The molecule has 21 heavy (non-hydrogen) atoms. The molecule has 0 aliphatic carbocycles. The van der Waals surface area contributed by atoms with E-state index in [1.807, 2.05) is 31.2 Å². The topological polar surface area (TPSA) is 45.4 Å². The van der Waals surface area contributed by atoms with Crippen LogP contribution >= 0.6 is 0 Å². The van der Waals surface area contributed by atoms with Crippen LogP contribution in [0.15, 0.2) is 29.1 Å². The summed E-state index contributed by atoms with van der Waals surface area (Å²) in [5.74, 6) is 0. The fraction of sp³-hybridized carbons (Fsp3) is 0.562. The summed E-state index contributed by atoms with van der Waals surface area (Å²) in [6, 6.07) is 7.90. The first-order chi connectivity index (χ1) is 10.3. The molecular formula is C16H22N2O3. The van der Waals surface area contributed by atoms with Crippen LogP contribution in [0.1, 0.15) is 26.2 Å². The van der Waals surface area contributed by atoms with Crippen LogP contribution in [-0.4, -0.2) is 28.6 Å². The van der Waals surface area contributed by atoms with Crippen LogP contribution in [0.3, 0.4) is 0 Å². The average Bonchev–Trinajstić information content (AvgIpc) is 2.80. The van der Waals surface area contributed by atoms with Gasteiger partial charge in [0, 0.05) is 13.2 Å². The molecule has 5 heteroatoms. The summed E-state index contributed by atoms with van der Waals surface area (Å²) in [5.41, 5.74) is 1.99. The molecule has 0 radical (unpaired) electrons. The second kappa shape index (κ2) is 6.45. The molecule has 1 atom stereocenters. The summed E-state index contributed by atoms with van der Waals surface area (Å²) in [7, 11) is 0. The monoisotopic (exact) mass is 290 g/mol. The number of aryl methyl sites for hydroxylation is 1. The van der Waals surface area contributed by atoms with E-state index >= 15 is 0 Å². The van der Waals surface area contributed by atoms with Gasteiger partial charge in [-0.1, -0.05) is 12.1 Å².